The molecule has 2 heterocycles. The molecule has 1 aromatic rings. The molecule has 68 valence electrons. The van der Waals surface area contributed by atoms with Crippen LogP contribution >= 0.6 is 12.1 Å². The molecule has 0 radical (unpaired) electrons. The van der Waals surface area contributed by atoms with Crippen molar-refractivity contribution in [1.82, 2.24) is 9.97 Å². The lowest BCUT2D eigenvalue weighted by molar-refractivity contribution is 0.829. The Morgan fingerprint density at radius 1 is 1.38 bits per heavy atom. The van der Waals surface area contributed by atoms with Gasteiger partial charge in [0.2, 0.25) is 5.95 Å². The second-order valence-electron chi connectivity index (χ2n) is 2.76. The van der Waals surface area contributed by atoms with Crippen molar-refractivity contribution in [3.8, 4) is 0 Å². The van der Waals surface area contributed by atoms with Crippen molar-refractivity contribution >= 4 is 23.8 Å². The lowest BCUT2D eigenvalue weighted by atomic mass is 10.2. The zero-order valence-electron chi connectivity index (χ0n) is 6.70. The normalized spacial score (nSPS) is 15.8. The number of hydrogen-bond donors (Lipinski definition) is 1. The molecule has 0 atom stereocenters. The zero-order valence-corrected chi connectivity index (χ0v) is 7.51. The molecule has 2 rings (SSSR count). The number of aromatic nitrogens is 2. The predicted octanol–water partition coefficient (Wildman–Crippen LogP) is 1.29. The van der Waals surface area contributed by atoms with Gasteiger partial charge in [-0.15, -0.1) is 0 Å². The molecule has 0 aromatic carbocycles. The van der Waals surface area contributed by atoms with Gasteiger partial charge in [-0.25, -0.2) is 9.97 Å². The molecular weight excluding hydrogens is 191 g/mol. The first-order valence-electron chi connectivity index (χ1n) is 3.71. The van der Waals surface area contributed by atoms with Gasteiger partial charge in [-0.3, -0.25) is 0 Å². The van der Waals surface area contributed by atoms with Crippen LogP contribution in [0.2, 0.25) is 0 Å². The highest BCUT2D eigenvalue weighted by atomic mass is 32.2. The number of nitrogens with zero attached hydrogens (tertiary/aromatic N) is 3. The summed E-state index contributed by atoms with van der Waals surface area (Å²) in [5, 5.41) is 7.23. The van der Waals surface area contributed by atoms with Crippen molar-refractivity contribution in [1.29, 1.82) is 5.41 Å². The van der Waals surface area contributed by atoms with Gasteiger partial charge in [0.15, 0.2) is 0 Å². The fourth-order valence-corrected chi connectivity index (χ4v) is 1.25. The summed E-state index contributed by atoms with van der Waals surface area (Å²) in [6.45, 7) is 1.17. The highest BCUT2D eigenvalue weighted by Gasteiger charge is 2.22. The number of nitrogens with one attached hydrogen (secondary N) is 1. The molecule has 0 amide bonds. The largest absolute Gasteiger partial charge is 0.330 e. The molecule has 1 saturated heterocycles. The van der Waals surface area contributed by atoms with Gasteiger partial charge in [-0.1, -0.05) is 0 Å². The summed E-state index contributed by atoms with van der Waals surface area (Å²) in [4.78, 5) is 10.2. The van der Waals surface area contributed by atoms with Crippen LogP contribution in [0.4, 0.5) is 9.83 Å². The van der Waals surface area contributed by atoms with Crippen LogP contribution in [0.1, 0.15) is 0 Å². The van der Waals surface area contributed by atoms with E-state index in [1.165, 1.54) is 12.4 Å². The molecule has 0 saturated carbocycles. The van der Waals surface area contributed by atoms with Gasteiger partial charge in [0, 0.05) is 18.1 Å². The van der Waals surface area contributed by atoms with Gasteiger partial charge in [0.1, 0.15) is 0 Å². The van der Waals surface area contributed by atoms with Crippen molar-refractivity contribution in [3.05, 3.63) is 12.4 Å². The van der Waals surface area contributed by atoms with Crippen LogP contribution in [0.25, 0.3) is 0 Å². The fraction of sp³-hybridized carbons (Fsp3) is 0.286. The summed E-state index contributed by atoms with van der Waals surface area (Å²) < 4.78 is 12.0. The number of halogens is 1. The SMILES string of the molecule is N=C1CN(c2ncc(SF)cn2)C1. The fourth-order valence-electron chi connectivity index (χ4n) is 1.07. The zero-order chi connectivity index (χ0) is 9.26. The summed E-state index contributed by atoms with van der Waals surface area (Å²) in [5.41, 5.74) is 0.674. The number of hydrogen-bond acceptors (Lipinski definition) is 5. The van der Waals surface area contributed by atoms with Gasteiger partial charge < -0.3 is 10.3 Å². The van der Waals surface area contributed by atoms with E-state index in [0.29, 0.717) is 29.6 Å². The van der Waals surface area contributed by atoms with Crippen LogP contribution in [0.3, 0.4) is 0 Å². The topological polar surface area (TPSA) is 52.9 Å². The first-order chi connectivity index (χ1) is 6.29. The Morgan fingerprint density at radius 3 is 2.46 bits per heavy atom. The van der Waals surface area contributed by atoms with Gasteiger partial charge in [-0.05, 0) is 0 Å². The molecular formula is C7H7FN4S. The van der Waals surface area contributed by atoms with Crippen LogP contribution in [0, 0.1) is 5.41 Å². The van der Waals surface area contributed by atoms with E-state index >= 15 is 0 Å². The van der Waals surface area contributed by atoms with Crippen LogP contribution in [-0.2, 0) is 0 Å². The molecule has 1 aromatic heterocycles. The first-order valence-corrected chi connectivity index (χ1v) is 4.43. The summed E-state index contributed by atoms with van der Waals surface area (Å²) in [6, 6.07) is 0. The van der Waals surface area contributed by atoms with E-state index < -0.39 is 0 Å². The quantitative estimate of drug-likeness (QED) is 0.778. The number of anilines is 1. The highest BCUT2D eigenvalue weighted by Crippen LogP contribution is 2.19. The lowest BCUT2D eigenvalue weighted by Crippen LogP contribution is -2.47. The summed E-state index contributed by atoms with van der Waals surface area (Å²) in [7, 11) is 0. The molecule has 1 fully saturated rings. The Labute approximate surface area is 79.0 Å². The molecule has 0 bridgehead atoms. The Balaban J connectivity index is 2.10. The third-order valence-electron chi connectivity index (χ3n) is 1.75. The van der Waals surface area contributed by atoms with E-state index in [-0.39, 0.29) is 12.1 Å². The van der Waals surface area contributed by atoms with E-state index in [1.54, 1.807) is 0 Å². The maximum Gasteiger partial charge on any atom is 0.226 e. The van der Waals surface area contributed by atoms with Crippen molar-refractivity contribution in [2.45, 2.75) is 4.90 Å². The van der Waals surface area contributed by atoms with E-state index in [2.05, 4.69) is 9.97 Å². The Bertz CT molecular complexity index is 318. The molecule has 6 heteroatoms. The van der Waals surface area contributed by atoms with Crippen molar-refractivity contribution in [2.24, 2.45) is 0 Å². The van der Waals surface area contributed by atoms with Crippen LogP contribution < -0.4 is 4.90 Å². The van der Waals surface area contributed by atoms with Crippen molar-refractivity contribution in [2.75, 3.05) is 18.0 Å². The molecule has 1 aliphatic rings. The highest BCUT2D eigenvalue weighted by molar-refractivity contribution is 7.94. The van der Waals surface area contributed by atoms with Crippen LogP contribution in [0.5, 0.6) is 0 Å². The van der Waals surface area contributed by atoms with E-state index in [0.717, 1.165) is 0 Å². The van der Waals surface area contributed by atoms with Crippen molar-refractivity contribution < 1.29 is 3.89 Å². The maximum absolute atomic E-state index is 12.0. The van der Waals surface area contributed by atoms with Gasteiger partial charge in [-0.2, -0.15) is 3.89 Å². The predicted molar refractivity (Wildman–Crippen MR) is 48.9 cm³/mol. The average Bonchev–Trinajstić information content (AvgIpc) is 2.13. The smallest absolute Gasteiger partial charge is 0.226 e. The van der Waals surface area contributed by atoms with Crippen LogP contribution in [0.15, 0.2) is 17.3 Å². The summed E-state index contributed by atoms with van der Waals surface area (Å²) in [5.74, 6) is 0.564. The minimum atomic E-state index is 0.130. The van der Waals surface area contributed by atoms with E-state index in [1.807, 2.05) is 4.90 Å². The summed E-state index contributed by atoms with van der Waals surface area (Å²) >= 11 is 0.130. The Hall–Kier alpha value is -1.17. The molecule has 4 nitrogen and oxygen atoms in total. The number of rotatable bonds is 2. The minimum absolute atomic E-state index is 0.130. The lowest BCUT2D eigenvalue weighted by Gasteiger charge is -2.31. The van der Waals surface area contributed by atoms with Crippen molar-refractivity contribution in [3.63, 3.8) is 0 Å². The molecule has 1 aliphatic heterocycles. The minimum Gasteiger partial charge on any atom is -0.330 e. The van der Waals surface area contributed by atoms with E-state index in [4.69, 9.17) is 5.41 Å². The first kappa shape index (κ1) is 8.43. The monoisotopic (exact) mass is 198 g/mol. The Kier molecular flexibility index (Phi) is 2.13. The Morgan fingerprint density at radius 2 is 2.00 bits per heavy atom. The standard InChI is InChI=1S/C7H7FN4S/c8-13-6-1-10-7(11-2-6)12-3-5(9)4-12/h1-2,9H,3-4H2. The second kappa shape index (κ2) is 3.29. The van der Waals surface area contributed by atoms with Gasteiger partial charge >= 0.3 is 0 Å². The van der Waals surface area contributed by atoms with Gasteiger partial charge in [0.05, 0.1) is 30.1 Å². The third-order valence-corrected chi connectivity index (χ3v) is 2.14. The molecule has 0 unspecified atom stereocenters. The summed E-state index contributed by atoms with van der Waals surface area (Å²) in [6.07, 6.45) is 2.88. The molecule has 13 heavy (non-hydrogen) atoms. The van der Waals surface area contributed by atoms with Gasteiger partial charge in [0.25, 0.3) is 0 Å². The molecule has 0 aliphatic carbocycles. The molecule has 0 spiro atoms. The van der Waals surface area contributed by atoms with E-state index in [9.17, 15) is 3.89 Å². The molecule has 1 N–H and O–H groups in total. The third kappa shape index (κ3) is 1.62. The average molecular weight is 198 g/mol. The van der Waals surface area contributed by atoms with Crippen LogP contribution in [-0.4, -0.2) is 28.8 Å². The maximum atomic E-state index is 12.0. The second-order valence-corrected chi connectivity index (χ2v) is 3.38.